The number of anilines is 1. The molecule has 7 heteroatoms. The van der Waals surface area contributed by atoms with Crippen molar-refractivity contribution in [1.82, 2.24) is 9.38 Å². The molecule has 5 aromatic rings. The van der Waals surface area contributed by atoms with Gasteiger partial charge in [0.1, 0.15) is 22.3 Å². The number of pyridine rings is 1. The van der Waals surface area contributed by atoms with Crippen LogP contribution in [0, 0.1) is 23.7 Å². The Morgan fingerprint density at radius 2 is 1.78 bits per heavy atom. The third kappa shape index (κ3) is 2.86. The minimum Gasteiger partial charge on any atom is -0.384 e. The van der Waals surface area contributed by atoms with Gasteiger partial charge in [0, 0.05) is 21.5 Å². The number of fused-ring (bicyclic) bond motifs is 3. The van der Waals surface area contributed by atoms with Gasteiger partial charge in [0.05, 0.1) is 10.9 Å². The monoisotopic (exact) mass is 452 g/mol. The van der Waals surface area contributed by atoms with Crippen molar-refractivity contribution in [2.75, 3.05) is 5.73 Å². The molecule has 0 spiro atoms. The van der Waals surface area contributed by atoms with Gasteiger partial charge in [0.2, 0.25) is 0 Å². The summed E-state index contributed by atoms with van der Waals surface area (Å²) in [6.45, 7) is 0. The normalized spacial score (nSPS) is 10.8. The number of aromatic nitrogens is 2. The number of nitrogens with zero attached hydrogens (tertiary/aromatic N) is 3. The van der Waals surface area contributed by atoms with E-state index >= 15 is 0 Å². The predicted octanol–water partition coefficient (Wildman–Crippen LogP) is 5.33. The van der Waals surface area contributed by atoms with E-state index in [-0.39, 0.29) is 17.0 Å². The number of nitrogens with two attached hydrogens (primary N) is 1. The molecule has 2 aromatic carbocycles. The molecule has 0 aliphatic carbocycles. The largest absolute Gasteiger partial charge is 0.384 e. The summed E-state index contributed by atoms with van der Waals surface area (Å²) in [6.07, 6.45) is 5.85. The van der Waals surface area contributed by atoms with E-state index in [2.05, 4.69) is 17.0 Å². The van der Waals surface area contributed by atoms with Gasteiger partial charge in [0.15, 0.2) is 5.65 Å². The lowest BCUT2D eigenvalue weighted by Gasteiger charge is -2.16. The van der Waals surface area contributed by atoms with E-state index in [0.29, 0.717) is 31.9 Å². The Morgan fingerprint density at radius 3 is 2.44 bits per heavy atom. The molecule has 32 heavy (non-hydrogen) atoms. The number of halogens is 1. The maximum atomic E-state index is 13.1. The molecule has 3 aromatic heterocycles. The van der Waals surface area contributed by atoms with Crippen LogP contribution in [0.2, 0.25) is 5.02 Å². The van der Waals surface area contributed by atoms with Crippen molar-refractivity contribution in [2.24, 2.45) is 0 Å². The van der Waals surface area contributed by atoms with E-state index in [0.717, 1.165) is 11.1 Å². The van der Waals surface area contributed by atoms with Gasteiger partial charge in [-0.25, -0.2) is 0 Å². The second-order valence-electron chi connectivity index (χ2n) is 7.04. The van der Waals surface area contributed by atoms with Crippen LogP contribution in [0.5, 0.6) is 0 Å². The summed E-state index contributed by atoms with van der Waals surface area (Å²) in [5.74, 6) is 2.87. The van der Waals surface area contributed by atoms with Crippen LogP contribution in [0.25, 0.3) is 38.1 Å². The Labute approximate surface area is 192 Å². The Hall–Kier alpha value is -4.10. The van der Waals surface area contributed by atoms with Crippen LogP contribution < -0.4 is 11.3 Å². The molecule has 0 aliphatic heterocycles. The van der Waals surface area contributed by atoms with Gasteiger partial charge in [0.25, 0.3) is 5.56 Å². The Bertz CT molecular complexity index is 1670. The SMILES string of the molecule is C#Cc1c(-c2ccc(Cl)cc2)c(C#N)c2nc(=O)c3c(-c4ccccc4)csc3n2c1N. The average molecular weight is 453 g/mol. The van der Waals surface area contributed by atoms with E-state index in [1.807, 2.05) is 35.7 Å². The number of nitriles is 1. The molecule has 0 fully saturated rings. The number of hydrogen-bond acceptors (Lipinski definition) is 5. The zero-order valence-electron chi connectivity index (χ0n) is 16.5. The van der Waals surface area contributed by atoms with Crippen molar-refractivity contribution >= 4 is 44.6 Å². The van der Waals surface area contributed by atoms with Gasteiger partial charge in [-0.2, -0.15) is 10.2 Å². The van der Waals surface area contributed by atoms with Crippen molar-refractivity contribution in [3.8, 4) is 40.7 Å². The van der Waals surface area contributed by atoms with Gasteiger partial charge in [-0.3, -0.25) is 9.20 Å². The van der Waals surface area contributed by atoms with Gasteiger partial charge >= 0.3 is 0 Å². The first kappa shape index (κ1) is 19.8. The maximum Gasteiger partial charge on any atom is 0.282 e. The van der Waals surface area contributed by atoms with Crippen LogP contribution in [0.3, 0.4) is 0 Å². The molecule has 0 radical (unpaired) electrons. The molecule has 0 atom stereocenters. The third-order valence-corrected chi connectivity index (χ3v) is 6.52. The second-order valence-corrected chi connectivity index (χ2v) is 8.34. The van der Waals surface area contributed by atoms with Crippen molar-refractivity contribution in [3.05, 3.63) is 86.5 Å². The summed E-state index contributed by atoms with van der Waals surface area (Å²) in [5.41, 5.74) is 9.60. The molecule has 2 N–H and O–H groups in total. The smallest absolute Gasteiger partial charge is 0.282 e. The van der Waals surface area contributed by atoms with Crippen LogP contribution in [0.1, 0.15) is 11.1 Å². The third-order valence-electron chi connectivity index (χ3n) is 5.30. The standard InChI is InChI=1S/C25H13ClN4OS/c1-2-17-20(15-8-10-16(26)11-9-15)18(12-27)23-29-24(31)21-19(14-6-4-3-5-7-14)13-32-25(21)30(23)22(17)28/h1,3-11,13H,28H2. The van der Waals surface area contributed by atoms with Crippen LogP contribution in [0.4, 0.5) is 5.82 Å². The predicted molar refractivity (Wildman–Crippen MR) is 130 cm³/mol. The summed E-state index contributed by atoms with van der Waals surface area (Å²) < 4.78 is 1.61. The van der Waals surface area contributed by atoms with Crippen molar-refractivity contribution in [3.63, 3.8) is 0 Å². The molecule has 5 rings (SSSR count). The molecule has 0 saturated carbocycles. The molecule has 152 valence electrons. The molecule has 5 nitrogen and oxygen atoms in total. The molecule has 3 heterocycles. The lowest BCUT2D eigenvalue weighted by atomic mass is 9.95. The lowest BCUT2D eigenvalue weighted by molar-refractivity contribution is 1.14. The highest BCUT2D eigenvalue weighted by molar-refractivity contribution is 7.17. The summed E-state index contributed by atoms with van der Waals surface area (Å²) in [4.78, 5) is 18.0. The molecule has 0 bridgehead atoms. The fourth-order valence-electron chi connectivity index (χ4n) is 3.87. The first-order chi connectivity index (χ1) is 15.5. The van der Waals surface area contributed by atoms with E-state index in [9.17, 15) is 10.1 Å². The minimum absolute atomic E-state index is 0.174. The Morgan fingerprint density at radius 1 is 1.06 bits per heavy atom. The highest BCUT2D eigenvalue weighted by Gasteiger charge is 2.23. The van der Waals surface area contributed by atoms with Crippen LogP contribution in [-0.4, -0.2) is 9.38 Å². The first-order valence-electron chi connectivity index (χ1n) is 9.52. The van der Waals surface area contributed by atoms with Gasteiger partial charge in [-0.05, 0) is 23.3 Å². The van der Waals surface area contributed by atoms with E-state index in [1.54, 1.807) is 28.7 Å². The first-order valence-corrected chi connectivity index (χ1v) is 10.8. The topological polar surface area (TPSA) is 84.2 Å². The van der Waals surface area contributed by atoms with Gasteiger partial charge in [-0.1, -0.05) is 60.0 Å². The minimum atomic E-state index is -0.425. The zero-order chi connectivity index (χ0) is 22.4. The van der Waals surface area contributed by atoms with E-state index in [1.165, 1.54) is 11.3 Å². The fourth-order valence-corrected chi connectivity index (χ4v) is 5.09. The van der Waals surface area contributed by atoms with Gasteiger partial charge in [-0.15, -0.1) is 17.8 Å². The average Bonchev–Trinajstić information content (AvgIpc) is 3.26. The summed E-state index contributed by atoms with van der Waals surface area (Å²) in [5, 5.41) is 12.9. The lowest BCUT2D eigenvalue weighted by Crippen LogP contribution is -2.15. The molecule has 0 amide bonds. The zero-order valence-corrected chi connectivity index (χ0v) is 18.0. The van der Waals surface area contributed by atoms with E-state index in [4.69, 9.17) is 23.8 Å². The van der Waals surface area contributed by atoms with Crippen LogP contribution in [0.15, 0.2) is 64.8 Å². The fraction of sp³-hybridized carbons (Fsp3) is 0. The summed E-state index contributed by atoms with van der Waals surface area (Å²) in [6, 6.07) is 18.7. The van der Waals surface area contributed by atoms with Crippen molar-refractivity contribution in [1.29, 1.82) is 5.26 Å². The molecule has 0 unspecified atom stereocenters. The molecular weight excluding hydrogens is 440 g/mol. The highest BCUT2D eigenvalue weighted by atomic mass is 35.5. The number of benzene rings is 2. The molecular formula is C25H13ClN4OS. The second kappa shape index (κ2) is 7.55. The summed E-state index contributed by atoms with van der Waals surface area (Å²) in [7, 11) is 0. The quantitative estimate of drug-likeness (QED) is 0.367. The molecule has 0 saturated heterocycles. The van der Waals surface area contributed by atoms with E-state index < -0.39 is 5.56 Å². The van der Waals surface area contributed by atoms with Crippen molar-refractivity contribution < 1.29 is 0 Å². The summed E-state index contributed by atoms with van der Waals surface area (Å²) >= 11 is 7.38. The Balaban J connectivity index is 1.96. The van der Waals surface area contributed by atoms with Crippen LogP contribution in [-0.2, 0) is 0 Å². The Kier molecular flexibility index (Phi) is 4.68. The molecule has 0 aliphatic rings. The maximum absolute atomic E-state index is 13.1. The van der Waals surface area contributed by atoms with Crippen LogP contribution >= 0.6 is 22.9 Å². The number of rotatable bonds is 2. The van der Waals surface area contributed by atoms with Gasteiger partial charge < -0.3 is 5.73 Å². The number of terminal acetylenes is 1. The number of nitrogen functional groups attached to an aromatic ring is 1. The number of thiophene rings is 1. The van der Waals surface area contributed by atoms with Crippen molar-refractivity contribution in [2.45, 2.75) is 0 Å². The highest BCUT2D eigenvalue weighted by Crippen LogP contribution is 2.38. The number of hydrogen-bond donors (Lipinski definition) is 1.